The first-order chi connectivity index (χ1) is 10.7. The minimum Gasteiger partial charge on any atom is -0.375 e. The Bertz CT molecular complexity index is 626. The topological polar surface area (TPSA) is 67.4 Å². The largest absolute Gasteiger partial charge is 0.375 e. The van der Waals surface area contributed by atoms with Gasteiger partial charge in [0.05, 0.1) is 0 Å². The number of anilines is 2. The van der Waals surface area contributed by atoms with Gasteiger partial charge in [-0.25, -0.2) is 0 Å². The number of carbonyl (C=O) groups is 2. The highest BCUT2D eigenvalue weighted by Gasteiger charge is 2.06. The Morgan fingerprint density at radius 2 is 1.86 bits per heavy atom. The molecule has 0 radical (unpaired) electrons. The maximum atomic E-state index is 11.9. The van der Waals surface area contributed by atoms with Gasteiger partial charge in [-0.3, -0.25) is 9.59 Å². The molecule has 0 saturated carbocycles. The van der Waals surface area contributed by atoms with Crippen molar-refractivity contribution in [3.05, 3.63) is 46.7 Å². The predicted molar refractivity (Wildman–Crippen MR) is 88.2 cm³/mol. The van der Waals surface area contributed by atoms with Gasteiger partial charge in [-0.05, 0) is 47.0 Å². The number of amides is 2. The fourth-order valence-corrected chi connectivity index (χ4v) is 2.62. The van der Waals surface area contributed by atoms with Gasteiger partial charge in [-0.2, -0.15) is 11.3 Å². The predicted octanol–water partition coefficient (Wildman–Crippen LogP) is 2.90. The van der Waals surface area contributed by atoms with Crippen molar-refractivity contribution in [1.82, 2.24) is 0 Å². The molecule has 2 N–H and O–H groups in total. The monoisotopic (exact) mass is 318 g/mol. The smallest absolute Gasteiger partial charge is 0.250 e. The Kier molecular flexibility index (Phi) is 6.12. The summed E-state index contributed by atoms with van der Waals surface area (Å²) >= 11 is 1.62. The highest BCUT2D eigenvalue weighted by molar-refractivity contribution is 7.07. The van der Waals surface area contributed by atoms with Crippen LogP contribution in [0.25, 0.3) is 0 Å². The third-order valence-electron chi connectivity index (χ3n) is 2.93. The first-order valence-corrected chi connectivity index (χ1v) is 7.81. The molecule has 1 heterocycles. The number of hydrogen-bond acceptors (Lipinski definition) is 4. The molecule has 0 aliphatic rings. The van der Waals surface area contributed by atoms with Gasteiger partial charge < -0.3 is 15.4 Å². The zero-order valence-corrected chi connectivity index (χ0v) is 13.1. The van der Waals surface area contributed by atoms with Crippen LogP contribution in [0.15, 0.2) is 41.1 Å². The molecule has 0 unspecified atom stereocenters. The van der Waals surface area contributed by atoms with Crippen LogP contribution in [0.2, 0.25) is 0 Å². The average molecular weight is 318 g/mol. The number of hydrogen-bond donors (Lipinski definition) is 2. The van der Waals surface area contributed by atoms with Crippen molar-refractivity contribution >= 4 is 34.5 Å². The van der Waals surface area contributed by atoms with E-state index in [9.17, 15) is 9.59 Å². The first-order valence-electron chi connectivity index (χ1n) is 6.87. The Morgan fingerprint density at radius 1 is 1.14 bits per heavy atom. The van der Waals surface area contributed by atoms with Crippen LogP contribution in [0.5, 0.6) is 0 Å². The zero-order chi connectivity index (χ0) is 15.8. The zero-order valence-electron chi connectivity index (χ0n) is 12.3. The number of benzene rings is 1. The van der Waals surface area contributed by atoms with Gasteiger partial charge in [0.2, 0.25) is 11.8 Å². The molecule has 0 saturated heterocycles. The molecule has 22 heavy (non-hydrogen) atoms. The van der Waals surface area contributed by atoms with Crippen LogP contribution < -0.4 is 10.6 Å². The van der Waals surface area contributed by atoms with Crippen LogP contribution in [-0.4, -0.2) is 25.5 Å². The Balaban J connectivity index is 1.86. The lowest BCUT2D eigenvalue weighted by Gasteiger charge is -2.08. The molecule has 0 spiro atoms. The summed E-state index contributed by atoms with van der Waals surface area (Å²) in [5.74, 6) is -0.282. The molecule has 0 aliphatic heterocycles. The molecule has 5 nitrogen and oxygen atoms in total. The molecule has 1 aromatic heterocycles. The molecule has 0 aliphatic carbocycles. The minimum atomic E-state index is -0.233. The van der Waals surface area contributed by atoms with Gasteiger partial charge in [0.25, 0.3) is 0 Å². The van der Waals surface area contributed by atoms with E-state index in [-0.39, 0.29) is 18.4 Å². The normalized spacial score (nSPS) is 10.2. The molecule has 2 amide bonds. The molecule has 6 heteroatoms. The maximum absolute atomic E-state index is 11.9. The third kappa shape index (κ3) is 5.31. The van der Waals surface area contributed by atoms with E-state index in [0.717, 1.165) is 6.42 Å². The Morgan fingerprint density at radius 3 is 2.50 bits per heavy atom. The van der Waals surface area contributed by atoms with Crippen molar-refractivity contribution in [1.29, 1.82) is 0 Å². The molecule has 0 atom stereocenters. The van der Waals surface area contributed by atoms with Gasteiger partial charge in [0.15, 0.2) is 0 Å². The van der Waals surface area contributed by atoms with Crippen LogP contribution in [0.1, 0.15) is 12.0 Å². The number of aryl methyl sites for hydroxylation is 1. The van der Waals surface area contributed by atoms with Gasteiger partial charge >= 0.3 is 0 Å². The number of ether oxygens (including phenoxy) is 1. The number of rotatable bonds is 7. The summed E-state index contributed by atoms with van der Waals surface area (Å²) in [6.45, 7) is -0.00275. The van der Waals surface area contributed by atoms with Crippen molar-refractivity contribution in [2.24, 2.45) is 0 Å². The Hall–Kier alpha value is -2.18. The minimum absolute atomic E-state index is 0.00275. The van der Waals surface area contributed by atoms with E-state index in [1.54, 1.807) is 35.6 Å². The molecule has 0 bridgehead atoms. The lowest BCUT2D eigenvalue weighted by molar-refractivity contribution is -0.119. The van der Waals surface area contributed by atoms with Crippen LogP contribution >= 0.6 is 11.3 Å². The van der Waals surface area contributed by atoms with Crippen LogP contribution in [0, 0.1) is 0 Å². The van der Waals surface area contributed by atoms with Crippen LogP contribution in [0.4, 0.5) is 11.4 Å². The standard InChI is InChI=1S/C16H18N2O3S/c1-21-10-16(20)18-14-4-2-3-13(9-14)17-15(19)6-5-12-7-8-22-11-12/h2-4,7-9,11H,5-6,10H2,1H3,(H,17,19)(H,18,20). The SMILES string of the molecule is COCC(=O)Nc1cccc(NC(=O)CCc2ccsc2)c1. The summed E-state index contributed by atoms with van der Waals surface area (Å²) in [5.41, 5.74) is 2.45. The maximum Gasteiger partial charge on any atom is 0.250 e. The van der Waals surface area contributed by atoms with E-state index in [1.807, 2.05) is 16.8 Å². The van der Waals surface area contributed by atoms with E-state index in [2.05, 4.69) is 10.6 Å². The summed E-state index contributed by atoms with van der Waals surface area (Å²) in [6.07, 6.45) is 1.15. The van der Waals surface area contributed by atoms with Gasteiger partial charge in [0.1, 0.15) is 6.61 Å². The molecule has 1 aromatic carbocycles. The van der Waals surface area contributed by atoms with E-state index in [0.29, 0.717) is 17.8 Å². The highest BCUT2D eigenvalue weighted by atomic mass is 32.1. The van der Waals surface area contributed by atoms with E-state index >= 15 is 0 Å². The second-order valence-corrected chi connectivity index (χ2v) is 5.52. The summed E-state index contributed by atoms with van der Waals surface area (Å²) < 4.78 is 4.76. The molecule has 0 fully saturated rings. The van der Waals surface area contributed by atoms with Crippen molar-refractivity contribution in [2.75, 3.05) is 24.4 Å². The van der Waals surface area contributed by atoms with Crippen molar-refractivity contribution in [2.45, 2.75) is 12.8 Å². The van der Waals surface area contributed by atoms with Crippen LogP contribution in [-0.2, 0) is 20.7 Å². The number of methoxy groups -OCH3 is 1. The van der Waals surface area contributed by atoms with Gasteiger partial charge in [-0.15, -0.1) is 0 Å². The second kappa shape index (κ2) is 8.31. The van der Waals surface area contributed by atoms with Crippen molar-refractivity contribution < 1.29 is 14.3 Å². The number of nitrogens with one attached hydrogen (secondary N) is 2. The first kappa shape index (κ1) is 16.2. The lowest BCUT2D eigenvalue weighted by atomic mass is 10.2. The molecular weight excluding hydrogens is 300 g/mol. The number of thiophene rings is 1. The van der Waals surface area contributed by atoms with Crippen LogP contribution in [0.3, 0.4) is 0 Å². The fraction of sp³-hybridized carbons (Fsp3) is 0.250. The highest BCUT2D eigenvalue weighted by Crippen LogP contribution is 2.16. The van der Waals surface area contributed by atoms with E-state index in [4.69, 9.17) is 4.74 Å². The summed E-state index contributed by atoms with van der Waals surface area (Å²) in [7, 11) is 1.46. The number of carbonyl (C=O) groups excluding carboxylic acids is 2. The van der Waals surface area contributed by atoms with Crippen molar-refractivity contribution in [3.8, 4) is 0 Å². The molecule has 116 valence electrons. The fourth-order valence-electron chi connectivity index (χ4n) is 1.92. The third-order valence-corrected chi connectivity index (χ3v) is 3.66. The molecular formula is C16H18N2O3S. The van der Waals surface area contributed by atoms with Gasteiger partial charge in [-0.1, -0.05) is 6.07 Å². The van der Waals surface area contributed by atoms with Gasteiger partial charge in [0, 0.05) is 24.9 Å². The summed E-state index contributed by atoms with van der Waals surface area (Å²) in [4.78, 5) is 23.4. The Labute approximate surface area is 133 Å². The summed E-state index contributed by atoms with van der Waals surface area (Å²) in [5, 5.41) is 9.57. The second-order valence-electron chi connectivity index (χ2n) is 4.74. The molecule has 2 rings (SSSR count). The average Bonchev–Trinajstić information content (AvgIpc) is 2.99. The summed E-state index contributed by atoms with van der Waals surface area (Å²) in [6, 6.07) is 9.06. The lowest BCUT2D eigenvalue weighted by Crippen LogP contribution is -2.17. The van der Waals surface area contributed by atoms with Crippen molar-refractivity contribution in [3.63, 3.8) is 0 Å². The van der Waals surface area contributed by atoms with E-state index < -0.39 is 0 Å². The van der Waals surface area contributed by atoms with E-state index in [1.165, 1.54) is 12.7 Å². The quantitative estimate of drug-likeness (QED) is 0.825. The molecule has 2 aromatic rings.